The van der Waals surface area contributed by atoms with Crippen LogP contribution < -0.4 is 4.72 Å². The average molecular weight is 413 g/mol. The lowest BCUT2D eigenvalue weighted by atomic mass is 10.1. The fourth-order valence-corrected chi connectivity index (χ4v) is 3.07. The Morgan fingerprint density at radius 3 is 2.18 bits per heavy atom. The van der Waals surface area contributed by atoms with Gasteiger partial charge in [0, 0.05) is 22.6 Å². The molecule has 2 aromatic rings. The maximum atomic E-state index is 11.6. The van der Waals surface area contributed by atoms with Crippen molar-refractivity contribution in [3.8, 4) is 0 Å². The van der Waals surface area contributed by atoms with E-state index in [2.05, 4.69) is 27.6 Å². The number of sulfonamides is 1. The van der Waals surface area contributed by atoms with E-state index >= 15 is 0 Å². The molecule has 0 spiro atoms. The first-order chi connectivity index (χ1) is 12.9. The summed E-state index contributed by atoms with van der Waals surface area (Å²) in [6.45, 7) is 2.12. The van der Waals surface area contributed by atoms with E-state index in [1.54, 1.807) is 0 Å². The van der Waals surface area contributed by atoms with Crippen LogP contribution in [0, 0.1) is 0 Å². The van der Waals surface area contributed by atoms with Crippen LogP contribution in [0.2, 0.25) is 0 Å². The molecule has 156 valence electrons. The number of carboxylic acids is 2. The predicted octanol–water partition coefficient (Wildman–Crippen LogP) is 1.78. The van der Waals surface area contributed by atoms with Crippen molar-refractivity contribution >= 4 is 32.9 Å². The molecular weight excluding hydrogens is 386 g/mol. The number of carbonyl (C=O) groups is 2. The summed E-state index contributed by atoms with van der Waals surface area (Å²) in [6, 6.07) is 8.06. The van der Waals surface area contributed by atoms with Gasteiger partial charge in [0.1, 0.15) is 0 Å². The highest BCUT2D eigenvalue weighted by Gasteiger charge is 2.13. The van der Waals surface area contributed by atoms with Gasteiger partial charge in [0.05, 0.1) is 18.6 Å². The molecular formula is C18H27N3O6S. The second kappa shape index (κ2) is 10.2. The minimum Gasteiger partial charge on any atom is -0.481 e. The Hall–Kier alpha value is -2.43. The molecule has 1 heterocycles. The van der Waals surface area contributed by atoms with Crippen molar-refractivity contribution in [3.05, 3.63) is 35.5 Å². The number of rotatable bonds is 8. The Bertz CT molecular complexity index is 907. The first-order valence-corrected chi connectivity index (χ1v) is 10.2. The van der Waals surface area contributed by atoms with Crippen molar-refractivity contribution < 1.29 is 28.2 Å². The van der Waals surface area contributed by atoms with Crippen LogP contribution in [-0.4, -0.2) is 61.6 Å². The average Bonchev–Trinajstić information content (AvgIpc) is 3.02. The number of fused-ring (bicyclic) bond motifs is 1. The third-order valence-electron chi connectivity index (χ3n) is 4.15. The summed E-state index contributed by atoms with van der Waals surface area (Å²) < 4.78 is 25.5. The molecule has 0 aliphatic carbocycles. The van der Waals surface area contributed by atoms with Gasteiger partial charge in [-0.15, -0.1) is 0 Å². The standard InChI is InChI=1S/C14H21N3O2S.C4H6O4/c1-10(17(3)4)14-8-12-7-11(5-6-13(12)16-14)9-20(18,19)15-2;5-3(6)1-2-4(7)8/h5-8,10,15-16H,9H2,1-4H3;1-2H2,(H,5,6)(H,7,8). The smallest absolute Gasteiger partial charge is 0.303 e. The van der Waals surface area contributed by atoms with Gasteiger partial charge in [-0.3, -0.25) is 9.59 Å². The fraction of sp³-hybridized carbons (Fsp3) is 0.444. The molecule has 0 saturated heterocycles. The highest BCUT2D eigenvalue weighted by atomic mass is 32.2. The number of aromatic nitrogens is 1. The molecule has 1 aromatic carbocycles. The third-order valence-corrected chi connectivity index (χ3v) is 5.49. The highest BCUT2D eigenvalue weighted by molar-refractivity contribution is 7.88. The summed E-state index contributed by atoms with van der Waals surface area (Å²) in [5.74, 6) is -2.15. The van der Waals surface area contributed by atoms with Gasteiger partial charge in [-0.2, -0.15) is 0 Å². The topological polar surface area (TPSA) is 140 Å². The Morgan fingerprint density at radius 1 is 1.14 bits per heavy atom. The molecule has 1 aromatic heterocycles. The van der Waals surface area contributed by atoms with Crippen molar-refractivity contribution in [2.45, 2.75) is 31.6 Å². The van der Waals surface area contributed by atoms with E-state index in [-0.39, 0.29) is 24.6 Å². The molecule has 1 unspecified atom stereocenters. The number of H-pyrrole nitrogens is 1. The number of nitrogens with one attached hydrogen (secondary N) is 2. The van der Waals surface area contributed by atoms with Crippen LogP contribution in [0.4, 0.5) is 0 Å². The third kappa shape index (κ3) is 7.67. The minimum atomic E-state index is -3.23. The lowest BCUT2D eigenvalue weighted by molar-refractivity contribution is -0.143. The van der Waals surface area contributed by atoms with Gasteiger partial charge in [0.25, 0.3) is 0 Å². The summed E-state index contributed by atoms with van der Waals surface area (Å²) in [4.78, 5) is 24.8. The number of hydrogen-bond donors (Lipinski definition) is 4. The molecule has 0 aliphatic rings. The van der Waals surface area contributed by atoms with Gasteiger partial charge in [0.2, 0.25) is 10.0 Å². The van der Waals surface area contributed by atoms with E-state index in [4.69, 9.17) is 10.2 Å². The second-order valence-corrected chi connectivity index (χ2v) is 8.46. The van der Waals surface area contributed by atoms with Crippen molar-refractivity contribution in [1.29, 1.82) is 0 Å². The molecule has 0 radical (unpaired) electrons. The fourth-order valence-electron chi connectivity index (χ4n) is 2.30. The van der Waals surface area contributed by atoms with Crippen LogP contribution in [0.15, 0.2) is 24.3 Å². The van der Waals surface area contributed by atoms with Crippen LogP contribution in [0.5, 0.6) is 0 Å². The molecule has 10 heteroatoms. The normalized spacial score (nSPS) is 12.5. The molecule has 28 heavy (non-hydrogen) atoms. The Balaban J connectivity index is 0.000000416. The van der Waals surface area contributed by atoms with E-state index < -0.39 is 22.0 Å². The first-order valence-electron chi connectivity index (χ1n) is 8.58. The second-order valence-electron chi connectivity index (χ2n) is 6.54. The van der Waals surface area contributed by atoms with E-state index in [1.807, 2.05) is 32.3 Å². The monoisotopic (exact) mass is 413 g/mol. The zero-order chi connectivity index (χ0) is 21.5. The van der Waals surface area contributed by atoms with E-state index in [1.165, 1.54) is 7.05 Å². The van der Waals surface area contributed by atoms with Gasteiger partial charge in [-0.1, -0.05) is 6.07 Å². The molecule has 4 N–H and O–H groups in total. The molecule has 0 bridgehead atoms. The van der Waals surface area contributed by atoms with Crippen molar-refractivity contribution in [3.63, 3.8) is 0 Å². The maximum Gasteiger partial charge on any atom is 0.303 e. The van der Waals surface area contributed by atoms with Crippen LogP contribution in [-0.2, 0) is 25.4 Å². The molecule has 2 rings (SSSR count). The van der Waals surface area contributed by atoms with Gasteiger partial charge < -0.3 is 20.1 Å². The number of hydrogen-bond acceptors (Lipinski definition) is 5. The van der Waals surface area contributed by atoms with E-state index in [0.29, 0.717) is 0 Å². The molecule has 9 nitrogen and oxygen atoms in total. The van der Waals surface area contributed by atoms with Gasteiger partial charge in [-0.25, -0.2) is 13.1 Å². The largest absolute Gasteiger partial charge is 0.481 e. The number of aromatic amines is 1. The number of carboxylic acid groups (broad SMARTS) is 2. The van der Waals surface area contributed by atoms with E-state index in [0.717, 1.165) is 22.2 Å². The lowest BCUT2D eigenvalue weighted by Gasteiger charge is -2.17. The van der Waals surface area contributed by atoms with Crippen LogP contribution >= 0.6 is 0 Å². The SMILES string of the molecule is CNS(=O)(=O)Cc1ccc2[nH]c(C(C)N(C)C)cc2c1.O=C(O)CCC(=O)O. The minimum absolute atomic E-state index is 0.00316. The van der Waals surface area contributed by atoms with E-state index in [9.17, 15) is 18.0 Å². The molecule has 0 amide bonds. The van der Waals surface area contributed by atoms with Crippen molar-refractivity contribution in [2.24, 2.45) is 0 Å². The van der Waals surface area contributed by atoms with Gasteiger partial charge in [0.15, 0.2) is 0 Å². The zero-order valence-corrected chi connectivity index (χ0v) is 17.2. The molecule has 0 fully saturated rings. The Morgan fingerprint density at radius 2 is 1.71 bits per heavy atom. The van der Waals surface area contributed by atoms with Gasteiger partial charge in [-0.05, 0) is 51.8 Å². The first kappa shape index (κ1) is 23.6. The summed E-state index contributed by atoms with van der Waals surface area (Å²) in [5.41, 5.74) is 2.94. The summed E-state index contributed by atoms with van der Waals surface area (Å²) in [6.07, 6.45) is -0.593. The van der Waals surface area contributed by atoms with Crippen LogP contribution in [0.1, 0.15) is 37.1 Å². The Labute approximate surface area is 164 Å². The summed E-state index contributed by atoms with van der Waals surface area (Å²) in [7, 11) is 2.26. The zero-order valence-electron chi connectivity index (χ0n) is 16.4. The van der Waals surface area contributed by atoms with Crippen LogP contribution in [0.3, 0.4) is 0 Å². The van der Waals surface area contributed by atoms with Crippen LogP contribution in [0.25, 0.3) is 10.9 Å². The lowest BCUT2D eigenvalue weighted by Crippen LogP contribution is -2.20. The predicted molar refractivity (Wildman–Crippen MR) is 107 cm³/mol. The van der Waals surface area contributed by atoms with Crippen molar-refractivity contribution in [2.75, 3.05) is 21.1 Å². The number of nitrogens with zero attached hydrogens (tertiary/aromatic N) is 1. The number of aliphatic carboxylic acids is 2. The molecule has 0 saturated carbocycles. The quantitative estimate of drug-likeness (QED) is 0.517. The molecule has 1 atom stereocenters. The highest BCUT2D eigenvalue weighted by Crippen LogP contribution is 2.24. The summed E-state index contributed by atoms with van der Waals surface area (Å²) in [5, 5.41) is 16.8. The summed E-state index contributed by atoms with van der Waals surface area (Å²) >= 11 is 0. The Kier molecular flexibility index (Phi) is 8.61. The molecule has 0 aliphatic heterocycles. The van der Waals surface area contributed by atoms with Crippen molar-refractivity contribution in [1.82, 2.24) is 14.6 Å². The van der Waals surface area contributed by atoms with Gasteiger partial charge >= 0.3 is 11.9 Å². The number of benzene rings is 1. The maximum absolute atomic E-state index is 11.6.